The average molecular weight is 383 g/mol. The van der Waals surface area contributed by atoms with E-state index in [1.54, 1.807) is 24.3 Å². The van der Waals surface area contributed by atoms with Gasteiger partial charge in [0, 0.05) is 5.56 Å². The first-order valence-corrected chi connectivity index (χ1v) is 10.1. The third-order valence-corrected chi connectivity index (χ3v) is 5.54. The van der Waals surface area contributed by atoms with E-state index in [4.69, 9.17) is 4.52 Å². The number of hydrogen-bond donors (Lipinski definition) is 1. The summed E-state index contributed by atoms with van der Waals surface area (Å²) in [5, 5.41) is 6.74. The quantitative estimate of drug-likeness (QED) is 0.444. The Labute approximate surface area is 158 Å². The minimum absolute atomic E-state index is 0.121. The van der Waals surface area contributed by atoms with Gasteiger partial charge in [0.15, 0.2) is 0 Å². The van der Waals surface area contributed by atoms with E-state index < -0.39 is 9.84 Å². The van der Waals surface area contributed by atoms with Gasteiger partial charge in [-0.3, -0.25) is 0 Å². The molecule has 9 heteroatoms. The summed E-state index contributed by atoms with van der Waals surface area (Å²) < 4.78 is 40.6. The van der Waals surface area contributed by atoms with Gasteiger partial charge in [0.05, 0.1) is 0 Å². The van der Waals surface area contributed by atoms with E-state index in [1.807, 2.05) is 30.3 Å². The van der Waals surface area contributed by atoms with E-state index in [2.05, 4.69) is 15.5 Å². The summed E-state index contributed by atoms with van der Waals surface area (Å²) in [6, 6.07) is 15.8. The molecule has 0 amide bonds. The monoisotopic (exact) mass is 383 g/mol. The van der Waals surface area contributed by atoms with Crippen LogP contribution in [0.4, 0.5) is 0 Å². The van der Waals surface area contributed by atoms with Crippen LogP contribution in [0.3, 0.4) is 0 Å². The predicted molar refractivity (Wildman–Crippen MR) is 100 cm³/mol. The van der Waals surface area contributed by atoms with Gasteiger partial charge in [-0.15, -0.1) is 0 Å². The van der Waals surface area contributed by atoms with E-state index in [9.17, 15) is 13.1 Å². The van der Waals surface area contributed by atoms with Crippen LogP contribution in [0, 0.1) is 0 Å². The Morgan fingerprint density at radius 1 is 1.04 bits per heavy atom. The molecule has 0 radical (unpaired) electrons. The molecular formula is C18H18BN3O4S. The van der Waals surface area contributed by atoms with Gasteiger partial charge in [-0.25, -0.2) is 0 Å². The van der Waals surface area contributed by atoms with Gasteiger partial charge < -0.3 is 4.52 Å². The molecule has 0 fully saturated rings. The number of benzene rings is 2. The Bertz CT molecular complexity index is 989. The van der Waals surface area contributed by atoms with Crippen molar-refractivity contribution in [2.45, 2.75) is 17.1 Å². The van der Waals surface area contributed by atoms with Crippen molar-refractivity contribution in [3.05, 3.63) is 66.0 Å². The normalized spacial score (nSPS) is 11.3. The zero-order valence-electron chi connectivity index (χ0n) is 14.5. The van der Waals surface area contributed by atoms with Crippen molar-refractivity contribution < 1.29 is 17.6 Å². The molecule has 2 aromatic carbocycles. The molecule has 1 N–H and O–H groups in total. The molecule has 0 spiro atoms. The first-order valence-electron chi connectivity index (χ1n) is 8.42. The molecule has 138 valence electrons. The zero-order valence-corrected chi connectivity index (χ0v) is 15.4. The SMILES string of the molecule is O=BCNCCc1ccc(S(=O)(=O)Cc2noc(-c3ccccc3)n2)cc1. The topological polar surface area (TPSA) is 102 Å². The Morgan fingerprint density at radius 3 is 2.48 bits per heavy atom. The van der Waals surface area contributed by atoms with E-state index in [0.29, 0.717) is 25.3 Å². The summed E-state index contributed by atoms with van der Waals surface area (Å²) in [6.45, 7) is 0.649. The molecule has 27 heavy (non-hydrogen) atoms. The fourth-order valence-corrected chi connectivity index (χ4v) is 3.70. The number of nitrogens with zero attached hydrogens (tertiary/aromatic N) is 2. The van der Waals surface area contributed by atoms with Crippen molar-refractivity contribution in [1.29, 1.82) is 0 Å². The van der Waals surface area contributed by atoms with Gasteiger partial charge in [-0.2, -0.15) is 0 Å². The molecule has 7 nitrogen and oxygen atoms in total. The fourth-order valence-electron chi connectivity index (χ4n) is 2.52. The van der Waals surface area contributed by atoms with E-state index in [0.717, 1.165) is 18.3 Å². The summed E-state index contributed by atoms with van der Waals surface area (Å²) in [5.41, 5.74) is 1.72. The summed E-state index contributed by atoms with van der Waals surface area (Å²) in [5.74, 6) is 0.0822. The number of sulfone groups is 1. The average Bonchev–Trinajstić information content (AvgIpc) is 3.14. The molecule has 0 unspecified atom stereocenters. The Hall–Kier alpha value is -2.65. The Kier molecular flexibility index (Phi) is 6.26. The maximum atomic E-state index is 12.6. The Balaban J connectivity index is 1.66. The van der Waals surface area contributed by atoms with Gasteiger partial charge in [-0.1, -0.05) is 18.2 Å². The van der Waals surface area contributed by atoms with Gasteiger partial charge in [0.1, 0.15) is 0 Å². The van der Waals surface area contributed by atoms with Gasteiger partial charge in [0.25, 0.3) is 5.89 Å². The fraction of sp³-hybridized carbons (Fsp3) is 0.222. The molecule has 1 aromatic heterocycles. The number of nitrogens with one attached hydrogen (secondary N) is 1. The second-order valence-electron chi connectivity index (χ2n) is 5.91. The molecule has 0 atom stereocenters. The standard InChI is InChI=1S/C18H18BN3O4S/c23-19-13-20-11-10-14-6-8-16(9-7-14)27(24,25)12-17-21-18(26-22-17)15-4-2-1-3-5-15/h1-9,20H,10-13H2. The summed E-state index contributed by atoms with van der Waals surface area (Å²) in [6.07, 6.45) is 1.02. The van der Waals surface area contributed by atoms with Crippen LogP contribution in [0.5, 0.6) is 0 Å². The van der Waals surface area contributed by atoms with Crippen LogP contribution in [-0.4, -0.2) is 38.7 Å². The van der Waals surface area contributed by atoms with Gasteiger partial charge >= 0.3 is 111 Å². The van der Waals surface area contributed by atoms with Crippen molar-refractivity contribution in [1.82, 2.24) is 15.5 Å². The zero-order chi connectivity index (χ0) is 19.1. The summed E-state index contributed by atoms with van der Waals surface area (Å²) >= 11 is 0. The number of rotatable bonds is 9. The van der Waals surface area contributed by atoms with Crippen LogP contribution < -0.4 is 5.32 Å². The van der Waals surface area contributed by atoms with Crippen molar-refractivity contribution in [3.8, 4) is 11.5 Å². The van der Waals surface area contributed by atoms with Crippen LogP contribution in [0.2, 0.25) is 0 Å². The molecule has 1 heterocycles. The number of hydrogen-bond acceptors (Lipinski definition) is 7. The van der Waals surface area contributed by atoms with Crippen molar-refractivity contribution in [2.24, 2.45) is 0 Å². The van der Waals surface area contributed by atoms with Crippen molar-refractivity contribution in [2.75, 3.05) is 13.0 Å². The molecule has 0 saturated heterocycles. The first kappa shape index (κ1) is 19.1. The van der Waals surface area contributed by atoms with Crippen LogP contribution >= 0.6 is 0 Å². The summed E-state index contributed by atoms with van der Waals surface area (Å²) in [4.78, 5) is 4.38. The molecule has 0 aliphatic rings. The second kappa shape index (κ2) is 8.83. The first-order chi connectivity index (χ1) is 13.1. The van der Waals surface area contributed by atoms with Crippen LogP contribution in [-0.2, 0) is 26.7 Å². The van der Waals surface area contributed by atoms with Crippen LogP contribution in [0.1, 0.15) is 11.4 Å². The van der Waals surface area contributed by atoms with Crippen molar-refractivity contribution in [3.63, 3.8) is 0 Å². The predicted octanol–water partition coefficient (Wildman–Crippen LogP) is 1.85. The molecule has 0 bridgehead atoms. The molecule has 0 aliphatic heterocycles. The third-order valence-electron chi connectivity index (χ3n) is 3.91. The van der Waals surface area contributed by atoms with Gasteiger partial charge in [0.2, 0.25) is 0 Å². The van der Waals surface area contributed by atoms with Gasteiger partial charge in [-0.05, 0) is 12.1 Å². The second-order valence-corrected chi connectivity index (χ2v) is 7.90. The Morgan fingerprint density at radius 2 is 1.78 bits per heavy atom. The van der Waals surface area contributed by atoms with E-state index >= 15 is 0 Å². The maximum absolute atomic E-state index is 12.6. The molecule has 3 rings (SSSR count). The molecule has 3 aromatic rings. The van der Waals surface area contributed by atoms with Crippen LogP contribution in [0.15, 0.2) is 64.0 Å². The number of aromatic nitrogens is 2. The third kappa shape index (κ3) is 5.18. The molecular weight excluding hydrogens is 365 g/mol. The minimum atomic E-state index is -3.58. The molecule has 0 aliphatic carbocycles. The molecule has 0 saturated carbocycles. The van der Waals surface area contributed by atoms with E-state index in [-0.39, 0.29) is 16.5 Å². The van der Waals surface area contributed by atoms with Crippen molar-refractivity contribution >= 4 is 17.0 Å². The summed E-state index contributed by atoms with van der Waals surface area (Å²) in [7, 11) is -2.77. The van der Waals surface area contributed by atoms with E-state index in [1.165, 1.54) is 0 Å². The van der Waals surface area contributed by atoms with Crippen LogP contribution in [0.25, 0.3) is 11.5 Å².